The van der Waals surface area contributed by atoms with Crippen molar-refractivity contribution in [1.82, 2.24) is 25.4 Å². The van der Waals surface area contributed by atoms with E-state index in [2.05, 4.69) is 20.7 Å². The third kappa shape index (κ3) is 4.64. The SMILES string of the molecule is CNC(=O)c1cc2c(-n3cc(C(=O)NCc4cccc(C(F)(F)F)c4)cn3)cc(C3CC3)cc2[nH]1. The molecule has 7 nitrogen and oxygen atoms in total. The van der Waals surface area contributed by atoms with Gasteiger partial charge in [-0.2, -0.15) is 18.3 Å². The Morgan fingerprint density at radius 3 is 2.66 bits per heavy atom. The summed E-state index contributed by atoms with van der Waals surface area (Å²) >= 11 is 0. The first-order valence-electron chi connectivity index (χ1n) is 11.1. The number of amides is 2. The van der Waals surface area contributed by atoms with Crippen molar-refractivity contribution in [3.05, 3.63) is 82.8 Å². The fraction of sp³-hybridized carbons (Fsp3) is 0.240. The lowest BCUT2D eigenvalue weighted by Gasteiger charge is -2.09. The minimum absolute atomic E-state index is 0.0529. The number of nitrogens with one attached hydrogen (secondary N) is 3. The highest BCUT2D eigenvalue weighted by Crippen LogP contribution is 2.42. The quantitative estimate of drug-likeness (QED) is 0.378. The highest BCUT2D eigenvalue weighted by atomic mass is 19.4. The molecule has 0 unspecified atom stereocenters. The van der Waals surface area contributed by atoms with Crippen LogP contribution in [0.3, 0.4) is 0 Å². The van der Waals surface area contributed by atoms with E-state index in [1.807, 2.05) is 12.1 Å². The molecule has 0 spiro atoms. The number of rotatable bonds is 6. The van der Waals surface area contributed by atoms with Gasteiger partial charge in [0.25, 0.3) is 11.8 Å². The van der Waals surface area contributed by atoms with Crippen molar-refractivity contribution in [1.29, 1.82) is 0 Å². The van der Waals surface area contributed by atoms with Gasteiger partial charge in [0, 0.05) is 30.7 Å². The van der Waals surface area contributed by atoms with E-state index in [0.29, 0.717) is 17.2 Å². The van der Waals surface area contributed by atoms with Crippen LogP contribution in [0.4, 0.5) is 13.2 Å². The number of hydrogen-bond donors (Lipinski definition) is 3. The summed E-state index contributed by atoms with van der Waals surface area (Å²) in [5, 5.41) is 10.4. The number of hydrogen-bond acceptors (Lipinski definition) is 3. The number of alkyl halides is 3. The summed E-state index contributed by atoms with van der Waals surface area (Å²) < 4.78 is 40.4. The van der Waals surface area contributed by atoms with E-state index in [1.165, 1.54) is 18.3 Å². The molecule has 0 radical (unpaired) electrons. The molecule has 2 aromatic carbocycles. The summed E-state index contributed by atoms with van der Waals surface area (Å²) in [7, 11) is 1.56. The molecular weight excluding hydrogens is 459 g/mol. The third-order valence-electron chi connectivity index (χ3n) is 6.06. The predicted octanol–water partition coefficient (Wildman–Crippen LogP) is 4.54. The van der Waals surface area contributed by atoms with Gasteiger partial charge in [-0.3, -0.25) is 9.59 Å². The van der Waals surface area contributed by atoms with Gasteiger partial charge in [-0.15, -0.1) is 0 Å². The molecule has 1 aliphatic carbocycles. The fourth-order valence-corrected chi connectivity index (χ4v) is 4.05. The number of H-pyrrole nitrogens is 1. The number of carbonyl (C=O) groups excluding carboxylic acids is 2. The minimum Gasteiger partial charge on any atom is -0.354 e. The molecule has 180 valence electrons. The molecule has 5 rings (SSSR count). The number of halogens is 3. The molecule has 35 heavy (non-hydrogen) atoms. The van der Waals surface area contributed by atoms with Crippen LogP contribution in [0.15, 0.2) is 54.9 Å². The van der Waals surface area contributed by atoms with E-state index in [-0.39, 0.29) is 18.0 Å². The first kappa shape index (κ1) is 22.7. The van der Waals surface area contributed by atoms with E-state index < -0.39 is 17.6 Å². The highest BCUT2D eigenvalue weighted by molar-refractivity contribution is 6.00. The van der Waals surface area contributed by atoms with Gasteiger partial charge < -0.3 is 15.6 Å². The molecule has 10 heteroatoms. The van der Waals surface area contributed by atoms with Crippen molar-refractivity contribution >= 4 is 22.7 Å². The van der Waals surface area contributed by atoms with Crippen molar-refractivity contribution in [3.8, 4) is 5.69 Å². The molecule has 2 amide bonds. The molecule has 1 saturated carbocycles. The van der Waals surface area contributed by atoms with E-state index in [9.17, 15) is 22.8 Å². The molecule has 0 saturated heterocycles. The van der Waals surface area contributed by atoms with Crippen LogP contribution in [-0.2, 0) is 12.7 Å². The zero-order valence-corrected chi connectivity index (χ0v) is 18.7. The molecule has 0 atom stereocenters. The Morgan fingerprint density at radius 2 is 1.94 bits per heavy atom. The van der Waals surface area contributed by atoms with Crippen molar-refractivity contribution in [3.63, 3.8) is 0 Å². The van der Waals surface area contributed by atoms with Gasteiger partial charge in [-0.05, 0) is 60.2 Å². The molecular formula is C25H22F3N5O2. The molecule has 0 bridgehead atoms. The van der Waals surface area contributed by atoms with Crippen LogP contribution in [0.25, 0.3) is 16.6 Å². The summed E-state index contributed by atoms with van der Waals surface area (Å²) in [6.45, 7) is -0.0529. The van der Waals surface area contributed by atoms with Crippen molar-refractivity contribution in [2.75, 3.05) is 7.05 Å². The maximum Gasteiger partial charge on any atom is 0.416 e. The third-order valence-corrected chi connectivity index (χ3v) is 6.06. The van der Waals surface area contributed by atoms with Gasteiger partial charge in [0.05, 0.1) is 23.0 Å². The molecule has 2 aromatic heterocycles. The number of carbonyl (C=O) groups is 2. The van der Waals surface area contributed by atoms with Crippen LogP contribution >= 0.6 is 0 Å². The Bertz CT molecular complexity index is 1430. The van der Waals surface area contributed by atoms with Crippen LogP contribution in [0.1, 0.15) is 56.3 Å². The first-order valence-corrected chi connectivity index (χ1v) is 11.1. The lowest BCUT2D eigenvalue weighted by atomic mass is 10.1. The Morgan fingerprint density at radius 1 is 1.14 bits per heavy atom. The minimum atomic E-state index is -4.45. The monoisotopic (exact) mass is 481 g/mol. The average Bonchev–Trinajstić information content (AvgIpc) is 3.41. The molecule has 2 heterocycles. The van der Waals surface area contributed by atoms with Gasteiger partial charge in [0.15, 0.2) is 0 Å². The number of benzene rings is 2. The molecule has 1 aliphatic rings. The van der Waals surface area contributed by atoms with Crippen LogP contribution < -0.4 is 10.6 Å². The molecule has 3 N–H and O–H groups in total. The maximum absolute atomic E-state index is 12.9. The Kier molecular flexibility index (Phi) is 5.58. The van der Waals surface area contributed by atoms with E-state index in [1.54, 1.807) is 24.0 Å². The maximum atomic E-state index is 12.9. The topological polar surface area (TPSA) is 91.8 Å². The summed E-state index contributed by atoms with van der Waals surface area (Å²) in [5.41, 5.74) is 2.92. The van der Waals surface area contributed by atoms with Crippen molar-refractivity contribution in [2.24, 2.45) is 0 Å². The van der Waals surface area contributed by atoms with E-state index in [4.69, 9.17) is 0 Å². The summed E-state index contributed by atoms with van der Waals surface area (Å²) in [6.07, 6.45) is 0.715. The van der Waals surface area contributed by atoms with Gasteiger partial charge in [-0.1, -0.05) is 12.1 Å². The highest BCUT2D eigenvalue weighted by Gasteiger charge is 2.30. The standard InChI is InChI=1S/C25H22F3N5O2/c1-29-24(35)21-10-19-20(32-21)8-16(15-5-6-15)9-22(19)33-13-17(12-31-33)23(34)30-11-14-3-2-4-18(7-14)25(26,27)28/h2-4,7-10,12-13,15,32H,5-6,11H2,1H3,(H,29,35)(H,30,34). The Hall–Kier alpha value is -4.08. The lowest BCUT2D eigenvalue weighted by Crippen LogP contribution is -2.22. The normalized spacial score (nSPS) is 13.7. The average molecular weight is 481 g/mol. The van der Waals surface area contributed by atoms with Crippen molar-refractivity contribution in [2.45, 2.75) is 31.5 Å². The largest absolute Gasteiger partial charge is 0.416 e. The number of fused-ring (bicyclic) bond motifs is 1. The first-order chi connectivity index (χ1) is 16.7. The van der Waals surface area contributed by atoms with Gasteiger partial charge in [0.1, 0.15) is 5.69 Å². The van der Waals surface area contributed by atoms with E-state index >= 15 is 0 Å². The van der Waals surface area contributed by atoms with Gasteiger partial charge >= 0.3 is 6.18 Å². The molecule has 4 aromatic rings. The second-order valence-corrected chi connectivity index (χ2v) is 8.59. The van der Waals surface area contributed by atoms with Gasteiger partial charge in [-0.25, -0.2) is 4.68 Å². The Labute approximate surface area is 198 Å². The fourth-order valence-electron chi connectivity index (χ4n) is 4.05. The predicted molar refractivity (Wildman–Crippen MR) is 123 cm³/mol. The number of aromatic nitrogens is 3. The Balaban J connectivity index is 1.40. The van der Waals surface area contributed by atoms with E-state index in [0.717, 1.165) is 47.1 Å². The van der Waals surface area contributed by atoms with Crippen molar-refractivity contribution < 1.29 is 22.8 Å². The second-order valence-electron chi connectivity index (χ2n) is 8.59. The molecule has 1 fully saturated rings. The summed E-state index contributed by atoms with van der Waals surface area (Å²) in [4.78, 5) is 28.0. The second kappa shape index (κ2) is 8.61. The van der Waals surface area contributed by atoms with Crippen LogP contribution in [0.2, 0.25) is 0 Å². The lowest BCUT2D eigenvalue weighted by molar-refractivity contribution is -0.137. The summed E-state index contributed by atoms with van der Waals surface area (Å²) in [5.74, 6) is -0.241. The number of nitrogens with zero attached hydrogens (tertiary/aromatic N) is 2. The van der Waals surface area contributed by atoms with Gasteiger partial charge in [0.2, 0.25) is 0 Å². The smallest absolute Gasteiger partial charge is 0.354 e. The van der Waals surface area contributed by atoms with Crippen LogP contribution in [0, 0.1) is 0 Å². The molecule has 0 aliphatic heterocycles. The zero-order chi connectivity index (χ0) is 24.7. The van der Waals surface area contributed by atoms with Crippen LogP contribution in [-0.4, -0.2) is 33.6 Å². The van der Waals surface area contributed by atoms with Crippen LogP contribution in [0.5, 0.6) is 0 Å². The summed E-state index contributed by atoms with van der Waals surface area (Å²) in [6, 6.07) is 10.6. The number of aromatic amines is 1. The zero-order valence-electron chi connectivity index (χ0n) is 18.7.